The van der Waals surface area contributed by atoms with E-state index in [0.29, 0.717) is 4.47 Å². The van der Waals surface area contributed by atoms with Crippen LogP contribution in [0.2, 0.25) is 5.02 Å². The maximum Gasteiger partial charge on any atom is 0.326 e. The minimum absolute atomic E-state index is 0.0107. The summed E-state index contributed by atoms with van der Waals surface area (Å²) in [4.78, 5) is 22.6. The van der Waals surface area contributed by atoms with Crippen molar-refractivity contribution in [3.05, 3.63) is 33.3 Å². The van der Waals surface area contributed by atoms with Gasteiger partial charge in [0.1, 0.15) is 6.04 Å². The van der Waals surface area contributed by atoms with E-state index in [2.05, 4.69) is 15.9 Å². The predicted octanol–water partition coefficient (Wildman–Crippen LogP) is 2.94. The van der Waals surface area contributed by atoms with Gasteiger partial charge in [-0.15, -0.1) is 0 Å². The van der Waals surface area contributed by atoms with Crippen LogP contribution < -0.4 is 5.32 Å². The lowest BCUT2D eigenvalue weighted by Crippen LogP contribution is -2.42. The Hall–Kier alpha value is -1.21. The van der Waals surface area contributed by atoms with E-state index in [1.165, 1.54) is 12.1 Å². The Balaban J connectivity index is 2.87. The number of carbonyl (C=O) groups excluding carboxylic acids is 1. The number of hydrogen-bond donors (Lipinski definition) is 2. The summed E-state index contributed by atoms with van der Waals surface area (Å²) in [5.41, 5.74) is 0.0107. The van der Waals surface area contributed by atoms with E-state index in [4.69, 9.17) is 16.7 Å². The molecule has 0 heterocycles. The van der Waals surface area contributed by atoms with Gasteiger partial charge in [0, 0.05) is 10.9 Å². The number of benzene rings is 1. The van der Waals surface area contributed by atoms with E-state index in [1.807, 2.05) is 5.32 Å². The molecule has 1 unspecified atom stereocenters. The molecule has 0 saturated heterocycles. The summed E-state index contributed by atoms with van der Waals surface area (Å²) >= 11 is 8.91. The number of rotatable bonds is 5. The maximum atomic E-state index is 12.2. The van der Waals surface area contributed by atoms with Crippen LogP contribution in [0.4, 0.5) is 8.78 Å². The lowest BCUT2D eigenvalue weighted by atomic mass is 10.1. The van der Waals surface area contributed by atoms with E-state index in [0.717, 1.165) is 0 Å². The van der Waals surface area contributed by atoms with Crippen molar-refractivity contribution in [2.45, 2.75) is 18.9 Å². The second-order valence-corrected chi connectivity index (χ2v) is 4.94. The first-order valence-corrected chi connectivity index (χ1v) is 6.25. The monoisotopic (exact) mass is 355 g/mol. The van der Waals surface area contributed by atoms with Gasteiger partial charge in [-0.05, 0) is 18.2 Å². The minimum Gasteiger partial charge on any atom is -0.480 e. The largest absolute Gasteiger partial charge is 0.480 e. The number of aliphatic carboxylic acids is 1. The fraction of sp³-hybridized carbons (Fsp3) is 0.273. The van der Waals surface area contributed by atoms with Gasteiger partial charge < -0.3 is 10.4 Å². The van der Waals surface area contributed by atoms with Gasteiger partial charge in [-0.25, -0.2) is 13.6 Å². The van der Waals surface area contributed by atoms with Crippen LogP contribution in [-0.4, -0.2) is 29.5 Å². The van der Waals surface area contributed by atoms with Gasteiger partial charge in [0.25, 0.3) is 5.91 Å². The lowest BCUT2D eigenvalue weighted by Gasteiger charge is -2.14. The Bertz CT molecular complexity index is 499. The van der Waals surface area contributed by atoms with Crippen LogP contribution in [0.3, 0.4) is 0 Å². The first kappa shape index (κ1) is 15.8. The van der Waals surface area contributed by atoms with Gasteiger partial charge in [0.2, 0.25) is 6.43 Å². The van der Waals surface area contributed by atoms with E-state index in [1.54, 1.807) is 6.07 Å². The fourth-order valence-electron chi connectivity index (χ4n) is 1.31. The molecule has 0 aliphatic carbocycles. The zero-order valence-electron chi connectivity index (χ0n) is 9.37. The Morgan fingerprint density at radius 3 is 2.58 bits per heavy atom. The number of carboxylic acids is 1. The number of halogens is 4. The van der Waals surface area contributed by atoms with Crippen molar-refractivity contribution in [1.29, 1.82) is 0 Å². The topological polar surface area (TPSA) is 66.4 Å². The van der Waals surface area contributed by atoms with Crippen LogP contribution in [0.25, 0.3) is 0 Å². The van der Waals surface area contributed by atoms with Crippen LogP contribution >= 0.6 is 27.5 Å². The molecular weight excluding hydrogens is 347 g/mol. The third-order valence-corrected chi connectivity index (χ3v) is 3.01. The van der Waals surface area contributed by atoms with Gasteiger partial charge in [-0.2, -0.15) is 0 Å². The number of amides is 1. The first-order chi connectivity index (χ1) is 8.81. The van der Waals surface area contributed by atoms with Crippen LogP contribution in [-0.2, 0) is 4.79 Å². The Labute approximate surface area is 120 Å². The van der Waals surface area contributed by atoms with Gasteiger partial charge in [0.05, 0.1) is 10.6 Å². The van der Waals surface area contributed by atoms with Crippen LogP contribution in [0, 0.1) is 0 Å². The van der Waals surface area contributed by atoms with Crippen molar-refractivity contribution >= 4 is 39.4 Å². The van der Waals surface area contributed by atoms with Gasteiger partial charge in [-0.3, -0.25) is 4.79 Å². The number of hydrogen-bond acceptors (Lipinski definition) is 2. The van der Waals surface area contributed by atoms with Gasteiger partial charge in [-0.1, -0.05) is 27.5 Å². The minimum atomic E-state index is -2.83. The number of nitrogens with one attached hydrogen (secondary N) is 1. The highest BCUT2D eigenvalue weighted by Gasteiger charge is 2.25. The molecule has 1 amide bonds. The van der Waals surface area contributed by atoms with E-state index < -0.39 is 30.8 Å². The van der Waals surface area contributed by atoms with E-state index in [-0.39, 0.29) is 10.6 Å². The quantitative estimate of drug-likeness (QED) is 0.852. The van der Waals surface area contributed by atoms with Crippen LogP contribution in [0.15, 0.2) is 22.7 Å². The third-order valence-electron chi connectivity index (χ3n) is 2.19. The molecule has 8 heteroatoms. The molecule has 4 nitrogen and oxygen atoms in total. The standard InChI is InChI=1S/C11H9BrClF2NO3/c12-5-1-2-7(13)6(3-5)10(17)16-8(11(18)19)4-9(14)15/h1-3,8-9H,4H2,(H,16,17)(H,18,19). The molecule has 0 saturated carbocycles. The molecule has 1 atom stereocenters. The molecular formula is C11H9BrClF2NO3. The summed E-state index contributed by atoms with van der Waals surface area (Å²) in [5.74, 6) is -2.35. The van der Waals surface area contributed by atoms with Crippen molar-refractivity contribution in [1.82, 2.24) is 5.32 Å². The molecule has 19 heavy (non-hydrogen) atoms. The summed E-state index contributed by atoms with van der Waals surface area (Å²) in [6.45, 7) is 0. The molecule has 0 radical (unpaired) electrons. The zero-order chi connectivity index (χ0) is 14.6. The summed E-state index contributed by atoms with van der Waals surface area (Å²) in [7, 11) is 0. The fourth-order valence-corrected chi connectivity index (χ4v) is 1.87. The highest BCUT2D eigenvalue weighted by Crippen LogP contribution is 2.21. The Kier molecular flexibility index (Phi) is 5.68. The third kappa shape index (κ3) is 4.76. The molecule has 0 aliphatic rings. The van der Waals surface area contributed by atoms with Crippen LogP contribution in [0.1, 0.15) is 16.8 Å². The molecule has 0 spiro atoms. The summed E-state index contributed by atoms with van der Waals surface area (Å²) in [6.07, 6.45) is -3.80. The van der Waals surface area contributed by atoms with Gasteiger partial charge in [0.15, 0.2) is 0 Å². The summed E-state index contributed by atoms with van der Waals surface area (Å²) in [5, 5.41) is 10.9. The van der Waals surface area contributed by atoms with E-state index in [9.17, 15) is 18.4 Å². The molecule has 1 rings (SSSR count). The number of carboxylic acid groups (broad SMARTS) is 1. The van der Waals surface area contributed by atoms with Gasteiger partial charge >= 0.3 is 5.97 Å². The maximum absolute atomic E-state index is 12.2. The molecule has 1 aromatic carbocycles. The highest BCUT2D eigenvalue weighted by molar-refractivity contribution is 9.10. The summed E-state index contributed by atoms with van der Waals surface area (Å²) in [6, 6.07) is 2.73. The van der Waals surface area contributed by atoms with Crippen molar-refractivity contribution in [3.8, 4) is 0 Å². The second-order valence-electron chi connectivity index (χ2n) is 3.62. The average Bonchev–Trinajstić information content (AvgIpc) is 2.30. The van der Waals surface area contributed by atoms with Crippen molar-refractivity contribution in [2.24, 2.45) is 0 Å². The molecule has 0 aromatic heterocycles. The van der Waals surface area contributed by atoms with E-state index >= 15 is 0 Å². The number of alkyl halides is 2. The lowest BCUT2D eigenvalue weighted by molar-refractivity contribution is -0.140. The van der Waals surface area contributed by atoms with Crippen molar-refractivity contribution in [2.75, 3.05) is 0 Å². The molecule has 104 valence electrons. The zero-order valence-corrected chi connectivity index (χ0v) is 11.7. The second kappa shape index (κ2) is 6.81. The molecule has 2 N–H and O–H groups in total. The normalized spacial score (nSPS) is 12.3. The van der Waals surface area contributed by atoms with Crippen molar-refractivity contribution in [3.63, 3.8) is 0 Å². The predicted molar refractivity (Wildman–Crippen MR) is 68.7 cm³/mol. The molecule has 0 aliphatic heterocycles. The highest BCUT2D eigenvalue weighted by atomic mass is 79.9. The Morgan fingerprint density at radius 2 is 2.05 bits per heavy atom. The SMILES string of the molecule is O=C(NC(CC(F)F)C(=O)O)c1cc(Br)ccc1Cl. The summed E-state index contributed by atoms with van der Waals surface area (Å²) < 4.78 is 24.9. The molecule has 0 bridgehead atoms. The van der Waals surface area contributed by atoms with Crippen LogP contribution in [0.5, 0.6) is 0 Å². The average molecular weight is 357 g/mol. The smallest absolute Gasteiger partial charge is 0.326 e. The number of carbonyl (C=O) groups is 2. The Morgan fingerprint density at radius 1 is 1.42 bits per heavy atom. The first-order valence-electron chi connectivity index (χ1n) is 5.08. The van der Waals surface area contributed by atoms with Crippen molar-refractivity contribution < 1.29 is 23.5 Å². The molecule has 1 aromatic rings. The molecule has 0 fully saturated rings.